The molecule has 0 bridgehead atoms. The summed E-state index contributed by atoms with van der Waals surface area (Å²) in [5, 5.41) is 7.49. The van der Waals surface area contributed by atoms with Crippen LogP contribution in [0.3, 0.4) is 0 Å². The molecule has 5 nitrogen and oxygen atoms in total. The van der Waals surface area contributed by atoms with Crippen LogP contribution in [0.4, 0.5) is 4.79 Å². The van der Waals surface area contributed by atoms with Gasteiger partial charge in [0.1, 0.15) is 0 Å². The third kappa shape index (κ3) is 5.33. The van der Waals surface area contributed by atoms with E-state index in [1.807, 2.05) is 0 Å². The summed E-state index contributed by atoms with van der Waals surface area (Å²) in [4.78, 5) is 24.5. The average Bonchev–Trinajstić information content (AvgIpc) is 1.31. The zero-order valence-corrected chi connectivity index (χ0v) is 9.15. The van der Waals surface area contributed by atoms with E-state index in [1.54, 1.807) is 0 Å². The molecule has 46 valence electrons. The van der Waals surface area contributed by atoms with Crippen LogP contribution in [0.1, 0.15) is 2.85 Å². The van der Waals surface area contributed by atoms with Gasteiger partial charge in [-0.3, -0.25) is 0 Å². The molecule has 0 saturated heterocycles. The summed E-state index contributed by atoms with van der Waals surface area (Å²) in [6, 6.07) is 0. The molecular formula is CH5BaO5P. The standard InChI is InChI=1S/CH3O5P.Ba.2H/c2-1(3)7(4,5)6;;;/h(H,2,3)(H2,4,5,6);;;/q;+2;2*-1. The second kappa shape index (κ2) is 4.08. The maximum atomic E-state index is 9.43. The maximum absolute atomic E-state index is 9.43. The molecule has 0 radical (unpaired) electrons. The minimum absolute atomic E-state index is 0. The van der Waals surface area contributed by atoms with Crippen molar-refractivity contribution >= 4 is 62.2 Å². The largest absolute Gasteiger partial charge is 2.00 e. The van der Waals surface area contributed by atoms with Crippen molar-refractivity contribution in [1.82, 2.24) is 0 Å². The fourth-order valence-electron chi connectivity index (χ4n) is 0. The molecule has 0 saturated carbocycles. The summed E-state index contributed by atoms with van der Waals surface area (Å²) in [7, 11) is -4.82. The smallest absolute Gasteiger partial charge is 1.00 e. The van der Waals surface area contributed by atoms with Crippen molar-refractivity contribution in [2.24, 2.45) is 0 Å². The van der Waals surface area contributed by atoms with E-state index >= 15 is 0 Å². The number of rotatable bonds is 1. The maximum Gasteiger partial charge on any atom is 2.00 e. The Bertz CT molecular complexity index is 132. The monoisotopic (exact) mass is 266 g/mol. The van der Waals surface area contributed by atoms with Crippen LogP contribution in [-0.4, -0.2) is 69.5 Å². The molecule has 0 aliphatic heterocycles. The van der Waals surface area contributed by atoms with Gasteiger partial charge in [0.2, 0.25) is 0 Å². The quantitative estimate of drug-likeness (QED) is 0.446. The van der Waals surface area contributed by atoms with Crippen LogP contribution in [-0.2, 0) is 4.57 Å². The van der Waals surface area contributed by atoms with E-state index in [0.29, 0.717) is 0 Å². The second-order valence-electron chi connectivity index (χ2n) is 0.827. The van der Waals surface area contributed by atoms with Gasteiger partial charge in [0.25, 0.3) is 0 Å². The third-order valence-electron chi connectivity index (χ3n) is 0.249. The minimum Gasteiger partial charge on any atom is -1.00 e. The van der Waals surface area contributed by atoms with Crippen molar-refractivity contribution in [3.8, 4) is 0 Å². The van der Waals surface area contributed by atoms with E-state index in [2.05, 4.69) is 0 Å². The van der Waals surface area contributed by atoms with Gasteiger partial charge in [-0.05, 0) is 0 Å². The molecule has 0 fully saturated rings. The topological polar surface area (TPSA) is 94.8 Å². The van der Waals surface area contributed by atoms with Gasteiger partial charge in [0, 0.05) is 0 Å². The van der Waals surface area contributed by atoms with Crippen molar-refractivity contribution < 1.29 is 27.1 Å². The Kier molecular flexibility index (Phi) is 6.08. The van der Waals surface area contributed by atoms with Crippen molar-refractivity contribution in [1.29, 1.82) is 0 Å². The molecule has 0 heterocycles. The zero-order chi connectivity index (χ0) is 6.08. The fourth-order valence-corrected chi connectivity index (χ4v) is 0. The molecule has 0 atom stereocenters. The number of hydrogen-bond acceptors (Lipinski definition) is 2. The summed E-state index contributed by atoms with van der Waals surface area (Å²) in [6.07, 6.45) is 0. The second-order valence-corrected chi connectivity index (χ2v) is 2.30. The minimum atomic E-state index is -4.82. The summed E-state index contributed by atoms with van der Waals surface area (Å²) in [6.45, 7) is 0. The SMILES string of the molecule is O=C(O)P(=O)(O)O.[Ba+2].[H-].[H-]. The van der Waals surface area contributed by atoms with Gasteiger partial charge in [-0.2, -0.15) is 0 Å². The molecule has 0 aromatic rings. The first-order chi connectivity index (χ1) is 2.94. The Morgan fingerprint density at radius 1 is 1.50 bits per heavy atom. The molecule has 0 aliphatic rings. The van der Waals surface area contributed by atoms with Crippen molar-refractivity contribution in [3.63, 3.8) is 0 Å². The van der Waals surface area contributed by atoms with Crippen molar-refractivity contribution in [2.45, 2.75) is 0 Å². The van der Waals surface area contributed by atoms with Crippen molar-refractivity contribution in [3.05, 3.63) is 0 Å². The zero-order valence-electron chi connectivity index (χ0n) is 5.81. The first kappa shape index (κ1) is 11.9. The molecule has 0 spiro atoms. The molecule has 0 aliphatic carbocycles. The molecule has 8 heavy (non-hydrogen) atoms. The fraction of sp³-hybridized carbons (Fsp3) is 0. The van der Waals surface area contributed by atoms with Crippen LogP contribution in [0.5, 0.6) is 0 Å². The molecule has 0 rings (SSSR count). The van der Waals surface area contributed by atoms with E-state index in [4.69, 9.17) is 14.9 Å². The normalized spacial score (nSPS) is 9.75. The van der Waals surface area contributed by atoms with Crippen LogP contribution in [0.2, 0.25) is 0 Å². The summed E-state index contributed by atoms with van der Waals surface area (Å²) >= 11 is 0. The Balaban J connectivity index is -0.0000000600. The summed E-state index contributed by atoms with van der Waals surface area (Å²) in [5.41, 5.74) is -2.09. The number of carbonyl (C=O) groups is 1. The molecule has 7 heteroatoms. The Morgan fingerprint density at radius 3 is 1.62 bits per heavy atom. The third-order valence-corrected chi connectivity index (χ3v) is 0.748. The molecule has 0 unspecified atom stereocenters. The molecular weight excluding hydrogens is 260 g/mol. The molecule has 0 amide bonds. The van der Waals surface area contributed by atoms with E-state index in [1.165, 1.54) is 0 Å². The van der Waals surface area contributed by atoms with Gasteiger partial charge in [-0.25, -0.2) is 9.36 Å². The predicted molar refractivity (Wildman–Crippen MR) is 28.0 cm³/mol. The van der Waals surface area contributed by atoms with Crippen molar-refractivity contribution in [2.75, 3.05) is 0 Å². The van der Waals surface area contributed by atoms with E-state index < -0.39 is 13.3 Å². The Labute approximate surface area is 88.3 Å². The van der Waals surface area contributed by atoms with Crippen LogP contribution in [0.15, 0.2) is 0 Å². The first-order valence-electron chi connectivity index (χ1n) is 1.23. The Morgan fingerprint density at radius 2 is 1.62 bits per heavy atom. The van der Waals surface area contributed by atoms with Gasteiger partial charge in [0.15, 0.2) is 0 Å². The van der Waals surface area contributed by atoms with Gasteiger partial charge < -0.3 is 17.7 Å². The summed E-state index contributed by atoms with van der Waals surface area (Å²) < 4.78 is 9.43. The van der Waals surface area contributed by atoms with Gasteiger partial charge in [0.05, 0.1) is 0 Å². The van der Waals surface area contributed by atoms with Crippen LogP contribution < -0.4 is 0 Å². The van der Waals surface area contributed by atoms with Crippen LogP contribution >= 0.6 is 7.60 Å². The number of hydrogen-bond donors (Lipinski definition) is 3. The average molecular weight is 265 g/mol. The van der Waals surface area contributed by atoms with Gasteiger partial charge in [-0.1, -0.05) is 0 Å². The predicted octanol–water partition coefficient (Wildman–Crippen LogP) is -0.314. The Hall–Kier alpha value is 1.19. The van der Waals surface area contributed by atoms with E-state index in [0.717, 1.165) is 0 Å². The molecule has 0 aromatic heterocycles. The van der Waals surface area contributed by atoms with Gasteiger partial charge in [-0.15, -0.1) is 0 Å². The van der Waals surface area contributed by atoms with Gasteiger partial charge >= 0.3 is 62.2 Å². The first-order valence-corrected chi connectivity index (χ1v) is 2.85. The molecule has 3 N–H and O–H groups in total. The molecule has 0 aromatic carbocycles. The number of carboxylic acid groups (broad SMARTS) is 1. The van der Waals surface area contributed by atoms with Crippen LogP contribution in [0, 0.1) is 0 Å². The summed E-state index contributed by atoms with van der Waals surface area (Å²) in [5.74, 6) is 0. The van der Waals surface area contributed by atoms with Crippen LogP contribution in [0.25, 0.3) is 0 Å². The van der Waals surface area contributed by atoms with E-state index in [9.17, 15) is 9.36 Å². The van der Waals surface area contributed by atoms with E-state index in [-0.39, 0.29) is 51.7 Å².